The van der Waals surface area contributed by atoms with Crippen molar-refractivity contribution < 1.29 is 13.7 Å². The highest BCUT2D eigenvalue weighted by Crippen LogP contribution is 2.38. The molecule has 2 aliphatic rings. The largest absolute Gasteiger partial charge is 0.360 e. The molecule has 0 unspecified atom stereocenters. The maximum Gasteiger partial charge on any atom is 0.260 e. The van der Waals surface area contributed by atoms with E-state index in [0.717, 1.165) is 25.8 Å². The Balaban J connectivity index is 1.74. The molecule has 138 valence electrons. The third kappa shape index (κ3) is 2.92. The third-order valence-corrected chi connectivity index (χ3v) is 6.10. The van der Waals surface area contributed by atoms with E-state index in [-0.39, 0.29) is 28.2 Å². The van der Waals surface area contributed by atoms with Crippen molar-refractivity contribution in [2.24, 2.45) is 5.92 Å². The normalized spacial score (nSPS) is 23.0. The van der Waals surface area contributed by atoms with Gasteiger partial charge in [-0.25, -0.2) is 4.39 Å². The van der Waals surface area contributed by atoms with Gasteiger partial charge in [0, 0.05) is 12.6 Å². The van der Waals surface area contributed by atoms with Crippen molar-refractivity contribution in [3.8, 4) is 11.3 Å². The van der Waals surface area contributed by atoms with Crippen molar-refractivity contribution >= 4 is 17.5 Å². The van der Waals surface area contributed by atoms with E-state index < -0.39 is 5.82 Å². The van der Waals surface area contributed by atoms with Crippen molar-refractivity contribution in [1.29, 1.82) is 0 Å². The standard InChI is InChI=1S/C20H22ClFN2O2/c1-12-17(19(23-26-12)18-14(21)8-4-9-15(18)22)20(25)24-11-5-7-13-6-2-3-10-16(13)24/h4,8-9,13,16H,2-3,5-7,10-11H2,1H3/t13-,16-/m0/s1. The number of aromatic nitrogens is 1. The van der Waals surface area contributed by atoms with E-state index in [2.05, 4.69) is 5.16 Å². The molecule has 4 nitrogen and oxygen atoms in total. The Labute approximate surface area is 157 Å². The SMILES string of the molecule is Cc1onc(-c2c(F)cccc2Cl)c1C(=O)N1CCC[C@@H]2CCCC[C@@H]21. The number of likely N-dealkylation sites (tertiary alicyclic amines) is 1. The second kappa shape index (κ2) is 7.03. The first-order valence-corrected chi connectivity index (χ1v) is 9.67. The van der Waals surface area contributed by atoms with Gasteiger partial charge in [0.25, 0.3) is 5.91 Å². The van der Waals surface area contributed by atoms with E-state index in [9.17, 15) is 9.18 Å². The Bertz CT molecular complexity index is 813. The lowest BCUT2D eigenvalue weighted by molar-refractivity contribution is 0.0390. The second-order valence-corrected chi connectivity index (χ2v) is 7.72. The molecule has 0 N–H and O–H groups in total. The van der Waals surface area contributed by atoms with Gasteiger partial charge in [0.1, 0.15) is 22.8 Å². The van der Waals surface area contributed by atoms with Gasteiger partial charge in [-0.1, -0.05) is 35.7 Å². The number of fused-ring (bicyclic) bond motifs is 1. The van der Waals surface area contributed by atoms with Crippen LogP contribution in [0.4, 0.5) is 4.39 Å². The predicted molar refractivity (Wildman–Crippen MR) is 97.7 cm³/mol. The fourth-order valence-electron chi connectivity index (χ4n) is 4.54. The molecule has 1 saturated heterocycles. The van der Waals surface area contributed by atoms with E-state index in [1.807, 2.05) is 4.90 Å². The Hall–Kier alpha value is -1.88. The first kappa shape index (κ1) is 17.5. The smallest absolute Gasteiger partial charge is 0.260 e. The Morgan fingerprint density at radius 1 is 1.27 bits per heavy atom. The molecule has 1 aromatic carbocycles. The minimum Gasteiger partial charge on any atom is -0.360 e. The molecule has 1 amide bonds. The summed E-state index contributed by atoms with van der Waals surface area (Å²) in [4.78, 5) is 15.4. The number of halogens is 2. The zero-order valence-electron chi connectivity index (χ0n) is 14.8. The minimum atomic E-state index is -0.506. The molecule has 2 aromatic rings. The van der Waals surface area contributed by atoms with E-state index in [4.69, 9.17) is 16.1 Å². The fourth-order valence-corrected chi connectivity index (χ4v) is 4.79. The molecule has 26 heavy (non-hydrogen) atoms. The summed E-state index contributed by atoms with van der Waals surface area (Å²) in [5.41, 5.74) is 0.670. The van der Waals surface area contributed by atoms with Crippen molar-refractivity contribution in [3.63, 3.8) is 0 Å². The Morgan fingerprint density at radius 2 is 2.04 bits per heavy atom. The zero-order chi connectivity index (χ0) is 18.3. The molecule has 1 aromatic heterocycles. The molecule has 1 saturated carbocycles. The molecule has 4 rings (SSSR count). The lowest BCUT2D eigenvalue weighted by Gasteiger charge is -2.44. The van der Waals surface area contributed by atoms with Crippen LogP contribution < -0.4 is 0 Å². The van der Waals surface area contributed by atoms with Crippen LogP contribution in [-0.2, 0) is 0 Å². The number of amides is 1. The summed E-state index contributed by atoms with van der Waals surface area (Å²) in [5, 5.41) is 4.20. The van der Waals surface area contributed by atoms with Crippen molar-refractivity contribution in [2.75, 3.05) is 6.54 Å². The highest BCUT2D eigenvalue weighted by atomic mass is 35.5. The van der Waals surface area contributed by atoms with Gasteiger partial charge < -0.3 is 9.42 Å². The van der Waals surface area contributed by atoms with Gasteiger partial charge in [-0.3, -0.25) is 4.79 Å². The van der Waals surface area contributed by atoms with Crippen LogP contribution in [-0.4, -0.2) is 28.6 Å². The molecule has 0 spiro atoms. The number of carbonyl (C=O) groups is 1. The number of aryl methyl sites for hydroxylation is 1. The number of hydrogen-bond acceptors (Lipinski definition) is 3. The van der Waals surface area contributed by atoms with E-state index in [1.165, 1.54) is 31.4 Å². The zero-order valence-corrected chi connectivity index (χ0v) is 15.6. The first-order valence-electron chi connectivity index (χ1n) is 9.29. The van der Waals surface area contributed by atoms with Crippen LogP contribution in [0.3, 0.4) is 0 Å². The van der Waals surface area contributed by atoms with Crippen LogP contribution in [0.1, 0.15) is 54.6 Å². The number of piperidine rings is 1. The summed E-state index contributed by atoms with van der Waals surface area (Å²) in [6.07, 6.45) is 6.81. The maximum atomic E-state index is 14.4. The van der Waals surface area contributed by atoms with Gasteiger partial charge in [0.2, 0.25) is 0 Å². The molecular weight excluding hydrogens is 355 g/mol. The van der Waals surface area contributed by atoms with Crippen LogP contribution in [0.5, 0.6) is 0 Å². The average molecular weight is 377 g/mol. The molecule has 1 aliphatic heterocycles. The highest BCUT2D eigenvalue weighted by Gasteiger charge is 2.38. The fraction of sp³-hybridized carbons (Fsp3) is 0.500. The van der Waals surface area contributed by atoms with Crippen LogP contribution in [0, 0.1) is 18.7 Å². The van der Waals surface area contributed by atoms with E-state index >= 15 is 0 Å². The van der Waals surface area contributed by atoms with Crippen molar-refractivity contribution in [3.05, 3.63) is 40.4 Å². The monoisotopic (exact) mass is 376 g/mol. The van der Waals surface area contributed by atoms with Gasteiger partial charge >= 0.3 is 0 Å². The quantitative estimate of drug-likeness (QED) is 0.720. The molecule has 2 heterocycles. The summed E-state index contributed by atoms with van der Waals surface area (Å²) < 4.78 is 19.7. The van der Waals surface area contributed by atoms with Gasteiger partial charge in [-0.05, 0) is 50.7 Å². The summed E-state index contributed by atoms with van der Waals surface area (Å²) >= 11 is 6.20. The molecular formula is C20H22ClFN2O2. The number of hydrogen-bond donors (Lipinski definition) is 0. The average Bonchev–Trinajstić information content (AvgIpc) is 3.02. The van der Waals surface area contributed by atoms with Crippen LogP contribution in [0.15, 0.2) is 22.7 Å². The number of nitrogens with zero attached hydrogens (tertiary/aromatic N) is 2. The lowest BCUT2D eigenvalue weighted by atomic mass is 9.78. The minimum absolute atomic E-state index is 0.116. The third-order valence-electron chi connectivity index (χ3n) is 5.78. The highest BCUT2D eigenvalue weighted by molar-refractivity contribution is 6.33. The Morgan fingerprint density at radius 3 is 2.85 bits per heavy atom. The van der Waals surface area contributed by atoms with Crippen molar-refractivity contribution in [1.82, 2.24) is 10.1 Å². The van der Waals surface area contributed by atoms with Gasteiger partial charge in [0.05, 0.1) is 10.6 Å². The first-order chi connectivity index (χ1) is 12.6. The van der Waals surface area contributed by atoms with Gasteiger partial charge in [0.15, 0.2) is 0 Å². The summed E-state index contributed by atoms with van der Waals surface area (Å²) in [6.45, 7) is 2.43. The lowest BCUT2D eigenvalue weighted by Crippen LogP contribution is -2.49. The van der Waals surface area contributed by atoms with Crippen LogP contribution in [0.25, 0.3) is 11.3 Å². The summed E-state index contributed by atoms with van der Waals surface area (Å²) in [6, 6.07) is 4.71. The summed E-state index contributed by atoms with van der Waals surface area (Å²) in [5.74, 6) is 0.355. The number of benzene rings is 1. The van der Waals surface area contributed by atoms with Crippen molar-refractivity contribution in [2.45, 2.75) is 51.5 Å². The Kier molecular flexibility index (Phi) is 4.74. The maximum absolute atomic E-state index is 14.4. The van der Waals surface area contributed by atoms with Crippen LogP contribution >= 0.6 is 11.6 Å². The molecule has 6 heteroatoms. The predicted octanol–water partition coefficient (Wildman–Crippen LogP) is 5.24. The van der Waals surface area contributed by atoms with E-state index in [1.54, 1.807) is 13.0 Å². The second-order valence-electron chi connectivity index (χ2n) is 7.31. The summed E-state index contributed by atoms with van der Waals surface area (Å²) in [7, 11) is 0. The van der Waals surface area contributed by atoms with Gasteiger partial charge in [-0.2, -0.15) is 0 Å². The molecule has 0 bridgehead atoms. The molecule has 1 aliphatic carbocycles. The van der Waals surface area contributed by atoms with Crippen LogP contribution in [0.2, 0.25) is 5.02 Å². The molecule has 2 fully saturated rings. The topological polar surface area (TPSA) is 46.3 Å². The molecule has 0 radical (unpaired) electrons. The van der Waals surface area contributed by atoms with E-state index in [0.29, 0.717) is 17.2 Å². The molecule has 2 atom stereocenters. The number of carbonyl (C=O) groups excluding carboxylic acids is 1. The van der Waals surface area contributed by atoms with Gasteiger partial charge in [-0.15, -0.1) is 0 Å². The number of rotatable bonds is 2.